The third-order valence-corrected chi connectivity index (χ3v) is 2.86. The molecule has 1 fully saturated rings. The van der Waals surface area contributed by atoms with Crippen molar-refractivity contribution in [2.45, 2.75) is 25.4 Å². The Kier molecular flexibility index (Phi) is 2.84. The Morgan fingerprint density at radius 2 is 2.50 bits per heavy atom. The fraction of sp³-hybridized carbons (Fsp3) is 0.700. The lowest BCUT2D eigenvalue weighted by Gasteiger charge is -2.29. The summed E-state index contributed by atoms with van der Waals surface area (Å²) in [4.78, 5) is 2.36. The predicted molar refractivity (Wildman–Crippen MR) is 55.9 cm³/mol. The second-order valence-electron chi connectivity index (χ2n) is 4.09. The van der Waals surface area contributed by atoms with Crippen molar-refractivity contribution < 1.29 is 0 Å². The van der Waals surface area contributed by atoms with Gasteiger partial charge in [0.2, 0.25) is 0 Å². The van der Waals surface area contributed by atoms with E-state index in [1.165, 1.54) is 19.4 Å². The minimum absolute atomic E-state index is 0.536. The van der Waals surface area contributed by atoms with Gasteiger partial charge in [-0.15, -0.1) is 0 Å². The molecule has 1 aromatic heterocycles. The second kappa shape index (κ2) is 4.11. The molecular formula is C10H18N4. The summed E-state index contributed by atoms with van der Waals surface area (Å²) in [6.45, 7) is 2.90. The van der Waals surface area contributed by atoms with E-state index in [0.717, 1.165) is 12.1 Å². The lowest BCUT2D eigenvalue weighted by molar-refractivity contribution is 0.202. The number of rotatable bonds is 2. The number of likely N-dealkylation sites (N-methyl/N-ethyl adjacent to an activating group) is 1. The van der Waals surface area contributed by atoms with Crippen molar-refractivity contribution in [1.29, 1.82) is 0 Å². The van der Waals surface area contributed by atoms with E-state index >= 15 is 0 Å². The second-order valence-corrected chi connectivity index (χ2v) is 4.09. The normalized spacial score (nSPS) is 24.0. The SMILES string of the molecule is CN1CCCC(n2cc(CN)cn2)C1. The van der Waals surface area contributed by atoms with Gasteiger partial charge in [0.1, 0.15) is 0 Å². The summed E-state index contributed by atoms with van der Waals surface area (Å²) >= 11 is 0. The molecule has 1 atom stereocenters. The van der Waals surface area contributed by atoms with Gasteiger partial charge in [0, 0.05) is 24.8 Å². The maximum Gasteiger partial charge on any atom is 0.0646 e. The minimum atomic E-state index is 0.536. The van der Waals surface area contributed by atoms with Gasteiger partial charge in [0.05, 0.1) is 12.2 Å². The highest BCUT2D eigenvalue weighted by Crippen LogP contribution is 2.19. The molecule has 1 saturated heterocycles. The molecule has 4 heteroatoms. The van der Waals surface area contributed by atoms with Gasteiger partial charge in [-0.1, -0.05) is 0 Å². The van der Waals surface area contributed by atoms with Crippen molar-refractivity contribution in [2.75, 3.05) is 20.1 Å². The molecule has 1 aromatic rings. The molecule has 14 heavy (non-hydrogen) atoms. The Bertz CT molecular complexity index is 294. The Labute approximate surface area is 84.7 Å². The quantitative estimate of drug-likeness (QED) is 0.750. The summed E-state index contributed by atoms with van der Waals surface area (Å²) in [5, 5.41) is 4.36. The van der Waals surface area contributed by atoms with Gasteiger partial charge in [0.25, 0.3) is 0 Å². The largest absolute Gasteiger partial charge is 0.326 e. The van der Waals surface area contributed by atoms with Crippen LogP contribution in [0.25, 0.3) is 0 Å². The van der Waals surface area contributed by atoms with Gasteiger partial charge in [-0.3, -0.25) is 4.68 Å². The summed E-state index contributed by atoms with van der Waals surface area (Å²) in [6.07, 6.45) is 6.44. The van der Waals surface area contributed by atoms with Crippen LogP contribution in [-0.4, -0.2) is 34.8 Å². The molecule has 0 radical (unpaired) electrons. The minimum Gasteiger partial charge on any atom is -0.326 e. The monoisotopic (exact) mass is 194 g/mol. The Balaban J connectivity index is 2.06. The maximum absolute atomic E-state index is 5.56. The lowest BCUT2D eigenvalue weighted by Crippen LogP contribution is -2.33. The zero-order valence-electron chi connectivity index (χ0n) is 8.69. The Hall–Kier alpha value is -0.870. The van der Waals surface area contributed by atoms with E-state index in [1.807, 2.05) is 6.20 Å². The van der Waals surface area contributed by atoms with Gasteiger partial charge in [-0.25, -0.2) is 0 Å². The predicted octanol–water partition coefficient (Wildman–Crippen LogP) is 0.608. The number of piperidine rings is 1. The molecule has 2 rings (SSSR count). The number of nitrogens with zero attached hydrogens (tertiary/aromatic N) is 3. The number of nitrogens with two attached hydrogens (primary N) is 1. The highest BCUT2D eigenvalue weighted by Gasteiger charge is 2.18. The first-order chi connectivity index (χ1) is 6.79. The van der Waals surface area contributed by atoms with Crippen molar-refractivity contribution in [1.82, 2.24) is 14.7 Å². The smallest absolute Gasteiger partial charge is 0.0646 e. The summed E-state index contributed by atoms with van der Waals surface area (Å²) < 4.78 is 2.07. The molecule has 1 aliphatic rings. The van der Waals surface area contributed by atoms with Gasteiger partial charge in [-0.05, 0) is 26.4 Å². The first-order valence-electron chi connectivity index (χ1n) is 5.21. The van der Waals surface area contributed by atoms with Gasteiger partial charge in [0.15, 0.2) is 0 Å². The highest BCUT2D eigenvalue weighted by atomic mass is 15.3. The lowest BCUT2D eigenvalue weighted by atomic mass is 10.1. The zero-order valence-corrected chi connectivity index (χ0v) is 8.69. The van der Waals surface area contributed by atoms with Gasteiger partial charge < -0.3 is 10.6 Å². The summed E-state index contributed by atoms with van der Waals surface area (Å²) in [6, 6.07) is 0.536. The van der Waals surface area contributed by atoms with Crippen molar-refractivity contribution in [3.05, 3.63) is 18.0 Å². The fourth-order valence-corrected chi connectivity index (χ4v) is 2.04. The third kappa shape index (κ3) is 1.96. The van der Waals surface area contributed by atoms with E-state index in [-0.39, 0.29) is 0 Å². The summed E-state index contributed by atoms with van der Waals surface area (Å²) in [7, 11) is 2.17. The fourth-order valence-electron chi connectivity index (χ4n) is 2.04. The summed E-state index contributed by atoms with van der Waals surface area (Å²) in [5.41, 5.74) is 6.68. The molecule has 1 unspecified atom stereocenters. The molecule has 78 valence electrons. The number of likely N-dealkylation sites (tertiary alicyclic amines) is 1. The Morgan fingerprint density at radius 3 is 3.14 bits per heavy atom. The molecular weight excluding hydrogens is 176 g/mol. The average molecular weight is 194 g/mol. The van der Waals surface area contributed by atoms with Crippen LogP contribution in [0.3, 0.4) is 0 Å². The van der Waals surface area contributed by atoms with Crippen LogP contribution in [0.5, 0.6) is 0 Å². The highest BCUT2D eigenvalue weighted by molar-refractivity contribution is 5.03. The van der Waals surface area contributed by atoms with Crippen LogP contribution in [0.1, 0.15) is 24.4 Å². The van der Waals surface area contributed by atoms with Gasteiger partial charge in [-0.2, -0.15) is 5.10 Å². The average Bonchev–Trinajstić information content (AvgIpc) is 2.66. The van der Waals surface area contributed by atoms with Crippen molar-refractivity contribution in [2.24, 2.45) is 5.73 Å². The van der Waals surface area contributed by atoms with E-state index in [4.69, 9.17) is 5.73 Å². The molecule has 2 heterocycles. The maximum atomic E-state index is 5.56. The van der Waals surface area contributed by atoms with Crippen molar-refractivity contribution in [3.63, 3.8) is 0 Å². The topological polar surface area (TPSA) is 47.1 Å². The van der Waals surface area contributed by atoms with Crippen LogP contribution in [0.2, 0.25) is 0 Å². The van der Waals surface area contributed by atoms with E-state index < -0.39 is 0 Å². The van der Waals surface area contributed by atoms with Gasteiger partial charge >= 0.3 is 0 Å². The molecule has 0 spiro atoms. The molecule has 4 nitrogen and oxygen atoms in total. The molecule has 0 bridgehead atoms. The molecule has 0 amide bonds. The van der Waals surface area contributed by atoms with Crippen LogP contribution in [0.15, 0.2) is 12.4 Å². The third-order valence-electron chi connectivity index (χ3n) is 2.86. The van der Waals surface area contributed by atoms with E-state index in [0.29, 0.717) is 12.6 Å². The zero-order chi connectivity index (χ0) is 9.97. The first kappa shape index (κ1) is 9.68. The molecule has 2 N–H and O–H groups in total. The summed E-state index contributed by atoms with van der Waals surface area (Å²) in [5.74, 6) is 0. The molecule has 0 saturated carbocycles. The standard InChI is InChI=1S/C10H18N4/c1-13-4-2-3-10(8-13)14-7-9(5-11)6-12-14/h6-7,10H,2-5,8,11H2,1H3. The number of hydrogen-bond acceptors (Lipinski definition) is 3. The first-order valence-corrected chi connectivity index (χ1v) is 5.21. The van der Waals surface area contributed by atoms with Crippen LogP contribution in [-0.2, 0) is 6.54 Å². The Morgan fingerprint density at radius 1 is 1.64 bits per heavy atom. The van der Waals surface area contributed by atoms with Crippen molar-refractivity contribution in [3.8, 4) is 0 Å². The van der Waals surface area contributed by atoms with E-state index in [9.17, 15) is 0 Å². The van der Waals surface area contributed by atoms with Crippen molar-refractivity contribution >= 4 is 0 Å². The number of aromatic nitrogens is 2. The molecule has 0 aromatic carbocycles. The van der Waals surface area contributed by atoms with E-state index in [2.05, 4.69) is 27.9 Å². The van der Waals surface area contributed by atoms with Crippen LogP contribution in [0.4, 0.5) is 0 Å². The molecule has 0 aliphatic carbocycles. The van der Waals surface area contributed by atoms with Crippen LogP contribution < -0.4 is 5.73 Å². The molecule has 1 aliphatic heterocycles. The van der Waals surface area contributed by atoms with E-state index in [1.54, 1.807) is 0 Å². The number of hydrogen-bond donors (Lipinski definition) is 1. The van der Waals surface area contributed by atoms with Crippen LogP contribution >= 0.6 is 0 Å². The van der Waals surface area contributed by atoms with Crippen LogP contribution in [0, 0.1) is 0 Å².